The molecular weight excluding hydrogens is 226 g/mol. The Morgan fingerprint density at radius 1 is 1.29 bits per heavy atom. The number of carbonyl (C=O) groups excluding carboxylic acids is 1. The van der Waals surface area contributed by atoms with Crippen LogP contribution in [0.2, 0.25) is 0 Å². The van der Waals surface area contributed by atoms with E-state index >= 15 is 0 Å². The summed E-state index contributed by atoms with van der Waals surface area (Å²) in [5.41, 5.74) is 0.456. The number of hydrogen-bond donors (Lipinski definition) is 1. The van der Waals surface area contributed by atoms with Crippen molar-refractivity contribution in [2.24, 2.45) is 0 Å². The van der Waals surface area contributed by atoms with Crippen molar-refractivity contribution < 1.29 is 13.2 Å². The van der Waals surface area contributed by atoms with E-state index in [1.165, 1.54) is 24.3 Å². The fourth-order valence-corrected chi connectivity index (χ4v) is 1.64. The van der Waals surface area contributed by atoms with Crippen molar-refractivity contribution in [2.45, 2.75) is 4.90 Å². The number of benzene rings is 1. The highest BCUT2D eigenvalue weighted by atomic mass is 35.5. The molecule has 1 aromatic carbocycles. The summed E-state index contributed by atoms with van der Waals surface area (Å²) in [6.45, 7) is 0. The van der Waals surface area contributed by atoms with Crippen LogP contribution in [0.4, 0.5) is 10.5 Å². The minimum atomic E-state index is -3.19. The van der Waals surface area contributed by atoms with Gasteiger partial charge in [0.15, 0.2) is 9.84 Å². The largest absolute Gasteiger partial charge is 0.318 e. The molecule has 1 rings (SSSR count). The van der Waals surface area contributed by atoms with Crippen LogP contribution in [0.5, 0.6) is 0 Å². The zero-order valence-corrected chi connectivity index (χ0v) is 8.89. The molecule has 1 N–H and O–H groups in total. The van der Waals surface area contributed by atoms with Crippen LogP contribution in [0.1, 0.15) is 0 Å². The van der Waals surface area contributed by atoms with Gasteiger partial charge in [-0.25, -0.2) is 8.42 Å². The molecule has 6 heteroatoms. The monoisotopic (exact) mass is 233 g/mol. The summed E-state index contributed by atoms with van der Waals surface area (Å²) >= 11 is 5.07. The van der Waals surface area contributed by atoms with Crippen LogP contribution in [0.3, 0.4) is 0 Å². The highest BCUT2D eigenvalue weighted by Crippen LogP contribution is 2.14. The predicted molar refractivity (Wildman–Crippen MR) is 54.4 cm³/mol. The van der Waals surface area contributed by atoms with Gasteiger partial charge in [0, 0.05) is 11.9 Å². The van der Waals surface area contributed by atoms with E-state index in [4.69, 9.17) is 11.6 Å². The minimum absolute atomic E-state index is 0.199. The molecule has 0 bridgehead atoms. The van der Waals surface area contributed by atoms with Gasteiger partial charge < -0.3 is 5.32 Å². The highest BCUT2D eigenvalue weighted by Gasteiger charge is 2.06. The van der Waals surface area contributed by atoms with Gasteiger partial charge >= 0.3 is 5.37 Å². The van der Waals surface area contributed by atoms with E-state index in [2.05, 4.69) is 5.32 Å². The molecule has 14 heavy (non-hydrogen) atoms. The average molecular weight is 234 g/mol. The number of amides is 1. The Balaban J connectivity index is 2.95. The van der Waals surface area contributed by atoms with Crippen molar-refractivity contribution in [3.05, 3.63) is 24.3 Å². The molecule has 0 atom stereocenters. The van der Waals surface area contributed by atoms with Gasteiger partial charge in [-0.2, -0.15) is 0 Å². The number of carbonyl (C=O) groups is 1. The lowest BCUT2D eigenvalue weighted by atomic mass is 10.3. The van der Waals surface area contributed by atoms with Crippen molar-refractivity contribution in [3.63, 3.8) is 0 Å². The van der Waals surface area contributed by atoms with E-state index in [1.807, 2.05) is 0 Å². The molecule has 0 aliphatic rings. The summed E-state index contributed by atoms with van der Waals surface area (Å²) in [5.74, 6) is 0. The number of nitrogens with one attached hydrogen (secondary N) is 1. The van der Waals surface area contributed by atoms with Gasteiger partial charge in [-0.3, -0.25) is 4.79 Å². The van der Waals surface area contributed by atoms with E-state index in [1.54, 1.807) is 0 Å². The third kappa shape index (κ3) is 3.01. The molecule has 0 spiro atoms. The molecule has 1 amide bonds. The van der Waals surface area contributed by atoms with Crippen LogP contribution in [-0.2, 0) is 9.84 Å². The smallest absolute Gasteiger partial charge is 0.312 e. The number of halogens is 1. The summed E-state index contributed by atoms with van der Waals surface area (Å²) in [5, 5.41) is 1.60. The van der Waals surface area contributed by atoms with Crippen molar-refractivity contribution in [1.29, 1.82) is 0 Å². The average Bonchev–Trinajstić information content (AvgIpc) is 2.02. The second kappa shape index (κ2) is 3.98. The molecule has 0 fully saturated rings. The quantitative estimate of drug-likeness (QED) is 0.627. The normalized spacial score (nSPS) is 11.0. The predicted octanol–water partition coefficient (Wildman–Crippen LogP) is 1.86. The molecule has 0 aliphatic heterocycles. The van der Waals surface area contributed by atoms with E-state index in [0.29, 0.717) is 5.69 Å². The molecule has 0 unspecified atom stereocenters. The molecule has 0 aliphatic carbocycles. The summed E-state index contributed by atoms with van der Waals surface area (Å²) in [7, 11) is -3.19. The Morgan fingerprint density at radius 2 is 1.79 bits per heavy atom. The summed E-state index contributed by atoms with van der Waals surface area (Å²) in [4.78, 5) is 10.6. The zero-order chi connectivity index (χ0) is 10.8. The van der Waals surface area contributed by atoms with Crippen molar-refractivity contribution in [3.8, 4) is 0 Å². The Hall–Kier alpha value is -1.07. The summed E-state index contributed by atoms with van der Waals surface area (Å²) in [6, 6.07) is 5.74. The van der Waals surface area contributed by atoms with Crippen LogP contribution in [0, 0.1) is 0 Å². The molecule has 76 valence electrons. The van der Waals surface area contributed by atoms with Gasteiger partial charge in [-0.15, -0.1) is 0 Å². The van der Waals surface area contributed by atoms with Crippen LogP contribution >= 0.6 is 11.6 Å². The number of anilines is 1. The van der Waals surface area contributed by atoms with Gasteiger partial charge in [-0.1, -0.05) is 0 Å². The lowest BCUT2D eigenvalue weighted by Gasteiger charge is -2.01. The first-order chi connectivity index (χ1) is 6.39. The fourth-order valence-electron chi connectivity index (χ4n) is 0.899. The van der Waals surface area contributed by atoms with Crippen molar-refractivity contribution >= 4 is 32.5 Å². The van der Waals surface area contributed by atoms with E-state index in [9.17, 15) is 13.2 Å². The van der Waals surface area contributed by atoms with Crippen LogP contribution in [0.15, 0.2) is 29.2 Å². The number of hydrogen-bond acceptors (Lipinski definition) is 3. The first-order valence-corrected chi connectivity index (χ1v) is 5.93. The maximum Gasteiger partial charge on any atom is 0.318 e. The topological polar surface area (TPSA) is 63.2 Å². The standard InChI is InChI=1S/C8H8ClNO3S/c1-14(12,13)7-4-2-6(3-5-7)10-8(9)11/h2-5H,1H3,(H,10,11). The molecule has 0 saturated carbocycles. The number of rotatable bonds is 2. The van der Waals surface area contributed by atoms with Gasteiger partial charge in [0.1, 0.15) is 0 Å². The van der Waals surface area contributed by atoms with Crippen LogP contribution in [-0.4, -0.2) is 20.0 Å². The highest BCUT2D eigenvalue weighted by molar-refractivity contribution is 7.90. The minimum Gasteiger partial charge on any atom is -0.312 e. The van der Waals surface area contributed by atoms with Gasteiger partial charge in [0.25, 0.3) is 0 Å². The fraction of sp³-hybridized carbons (Fsp3) is 0.125. The first kappa shape index (κ1) is 11.0. The van der Waals surface area contributed by atoms with Crippen LogP contribution < -0.4 is 5.32 Å². The summed E-state index contributed by atoms with van der Waals surface area (Å²) < 4.78 is 22.1. The Bertz CT molecular complexity index is 438. The van der Waals surface area contributed by atoms with Crippen LogP contribution in [0.25, 0.3) is 0 Å². The maximum atomic E-state index is 11.1. The summed E-state index contributed by atoms with van der Waals surface area (Å²) in [6.07, 6.45) is 1.11. The lowest BCUT2D eigenvalue weighted by Crippen LogP contribution is -2.02. The molecular formula is C8H8ClNO3S. The molecule has 0 radical (unpaired) electrons. The first-order valence-electron chi connectivity index (χ1n) is 3.66. The Kier molecular flexibility index (Phi) is 3.13. The molecule has 4 nitrogen and oxygen atoms in total. The third-order valence-electron chi connectivity index (χ3n) is 1.53. The molecule has 0 saturated heterocycles. The van der Waals surface area contributed by atoms with Crippen molar-refractivity contribution in [2.75, 3.05) is 11.6 Å². The molecule has 1 aromatic rings. The maximum absolute atomic E-state index is 11.1. The number of sulfone groups is 1. The van der Waals surface area contributed by atoms with E-state index in [0.717, 1.165) is 6.26 Å². The second-order valence-corrected chi connectivity index (χ2v) is 5.05. The Labute approximate surface area is 86.8 Å². The van der Waals surface area contributed by atoms with Gasteiger partial charge in [0.2, 0.25) is 0 Å². The molecule has 0 aromatic heterocycles. The van der Waals surface area contributed by atoms with Crippen molar-refractivity contribution in [1.82, 2.24) is 0 Å². The van der Waals surface area contributed by atoms with E-state index < -0.39 is 15.2 Å². The molecule has 0 heterocycles. The third-order valence-corrected chi connectivity index (χ3v) is 2.75. The Morgan fingerprint density at radius 3 is 2.14 bits per heavy atom. The lowest BCUT2D eigenvalue weighted by molar-refractivity contribution is 0.269. The zero-order valence-electron chi connectivity index (χ0n) is 7.32. The van der Waals surface area contributed by atoms with Gasteiger partial charge in [0.05, 0.1) is 4.90 Å². The second-order valence-electron chi connectivity index (χ2n) is 2.70. The SMILES string of the molecule is CS(=O)(=O)c1ccc(NC(=O)Cl)cc1. The van der Waals surface area contributed by atoms with E-state index in [-0.39, 0.29) is 4.90 Å². The van der Waals surface area contributed by atoms with Gasteiger partial charge in [-0.05, 0) is 35.9 Å².